The van der Waals surface area contributed by atoms with Gasteiger partial charge in [0.2, 0.25) is 0 Å². The molecule has 0 saturated carbocycles. The Morgan fingerprint density at radius 3 is 2.61 bits per heavy atom. The Balaban J connectivity index is 2.20. The van der Waals surface area contributed by atoms with Crippen LogP contribution in [-0.2, 0) is 6.42 Å². The third-order valence-corrected chi connectivity index (χ3v) is 3.10. The number of hydrogen-bond donors (Lipinski definition) is 2. The number of aryl methyl sites for hydroxylation is 1. The minimum atomic E-state index is 0.501. The Kier molecular flexibility index (Phi) is 4.35. The standard InChI is InChI=1S/C13H15IN4/c1-2-3-12-17-11(15)8-13(18-12)16-10-6-4-9(14)5-7-10/h4-8H,2-3H2,1H3,(H3,15,16,17,18). The Hall–Kier alpha value is -1.37. The highest BCUT2D eigenvalue weighted by Gasteiger charge is 2.02. The summed E-state index contributed by atoms with van der Waals surface area (Å²) in [6.45, 7) is 2.10. The molecule has 0 radical (unpaired) electrons. The number of benzene rings is 1. The van der Waals surface area contributed by atoms with Gasteiger partial charge in [0.05, 0.1) is 0 Å². The number of nitrogens with zero attached hydrogens (tertiary/aromatic N) is 2. The molecular formula is C13H15IN4. The average Bonchev–Trinajstić information content (AvgIpc) is 2.32. The highest BCUT2D eigenvalue weighted by atomic mass is 127. The Labute approximate surface area is 120 Å². The molecule has 0 bridgehead atoms. The number of rotatable bonds is 4. The molecule has 0 aliphatic heterocycles. The van der Waals surface area contributed by atoms with Crippen molar-refractivity contribution in [2.45, 2.75) is 19.8 Å². The van der Waals surface area contributed by atoms with Crippen molar-refractivity contribution in [2.75, 3.05) is 11.1 Å². The third-order valence-electron chi connectivity index (χ3n) is 2.38. The summed E-state index contributed by atoms with van der Waals surface area (Å²) in [5.41, 5.74) is 6.77. The maximum absolute atomic E-state index is 5.78. The zero-order chi connectivity index (χ0) is 13.0. The van der Waals surface area contributed by atoms with E-state index >= 15 is 0 Å². The molecule has 5 heteroatoms. The molecule has 0 spiro atoms. The van der Waals surface area contributed by atoms with Gasteiger partial charge >= 0.3 is 0 Å². The molecule has 1 heterocycles. The van der Waals surface area contributed by atoms with Gasteiger partial charge in [0.25, 0.3) is 0 Å². The molecule has 1 aromatic carbocycles. The maximum Gasteiger partial charge on any atom is 0.136 e. The number of anilines is 3. The number of nitrogen functional groups attached to an aromatic ring is 1. The van der Waals surface area contributed by atoms with E-state index in [4.69, 9.17) is 5.73 Å². The van der Waals surface area contributed by atoms with E-state index in [0.717, 1.165) is 30.2 Å². The van der Waals surface area contributed by atoms with Crippen molar-refractivity contribution >= 4 is 39.9 Å². The van der Waals surface area contributed by atoms with Crippen molar-refractivity contribution < 1.29 is 0 Å². The summed E-state index contributed by atoms with van der Waals surface area (Å²) in [4.78, 5) is 8.64. The number of halogens is 1. The van der Waals surface area contributed by atoms with Gasteiger partial charge < -0.3 is 11.1 Å². The van der Waals surface area contributed by atoms with Crippen molar-refractivity contribution in [3.05, 3.63) is 39.7 Å². The van der Waals surface area contributed by atoms with Gasteiger partial charge in [0.1, 0.15) is 17.5 Å². The van der Waals surface area contributed by atoms with Gasteiger partial charge in [-0.05, 0) is 53.3 Å². The summed E-state index contributed by atoms with van der Waals surface area (Å²) >= 11 is 2.28. The fourth-order valence-corrected chi connectivity index (χ4v) is 1.96. The number of aromatic nitrogens is 2. The van der Waals surface area contributed by atoms with Gasteiger partial charge in [-0.3, -0.25) is 0 Å². The summed E-state index contributed by atoms with van der Waals surface area (Å²) in [6.07, 6.45) is 1.85. The molecule has 94 valence electrons. The normalized spacial score (nSPS) is 10.3. The quantitative estimate of drug-likeness (QED) is 0.827. The van der Waals surface area contributed by atoms with Gasteiger partial charge in [0, 0.05) is 21.7 Å². The van der Waals surface area contributed by atoms with Crippen molar-refractivity contribution in [3.63, 3.8) is 0 Å². The largest absolute Gasteiger partial charge is 0.384 e. The number of nitrogens with one attached hydrogen (secondary N) is 1. The van der Waals surface area contributed by atoms with Crippen LogP contribution < -0.4 is 11.1 Å². The summed E-state index contributed by atoms with van der Waals surface area (Å²) in [6, 6.07) is 9.86. The highest BCUT2D eigenvalue weighted by Crippen LogP contribution is 2.17. The molecular weight excluding hydrogens is 339 g/mol. The molecule has 4 nitrogen and oxygen atoms in total. The van der Waals surface area contributed by atoms with Crippen LogP contribution in [0.2, 0.25) is 0 Å². The Morgan fingerprint density at radius 2 is 1.94 bits per heavy atom. The second kappa shape index (κ2) is 5.99. The fourth-order valence-electron chi connectivity index (χ4n) is 1.60. The van der Waals surface area contributed by atoms with E-state index in [0.29, 0.717) is 5.82 Å². The van der Waals surface area contributed by atoms with E-state index in [2.05, 4.69) is 44.8 Å². The van der Waals surface area contributed by atoms with Crippen LogP contribution >= 0.6 is 22.6 Å². The smallest absolute Gasteiger partial charge is 0.136 e. The van der Waals surface area contributed by atoms with E-state index in [1.165, 1.54) is 3.57 Å². The molecule has 0 aliphatic carbocycles. The van der Waals surface area contributed by atoms with E-state index in [1.54, 1.807) is 6.07 Å². The molecule has 0 amide bonds. The van der Waals surface area contributed by atoms with Crippen LogP contribution in [0.5, 0.6) is 0 Å². The molecule has 0 unspecified atom stereocenters. The van der Waals surface area contributed by atoms with Crippen LogP contribution in [0.15, 0.2) is 30.3 Å². The lowest BCUT2D eigenvalue weighted by atomic mass is 10.3. The average molecular weight is 354 g/mol. The zero-order valence-electron chi connectivity index (χ0n) is 10.2. The molecule has 0 fully saturated rings. The second-order valence-corrected chi connectivity index (χ2v) is 5.22. The number of nitrogens with two attached hydrogens (primary N) is 1. The second-order valence-electron chi connectivity index (χ2n) is 3.98. The maximum atomic E-state index is 5.78. The van der Waals surface area contributed by atoms with Crippen LogP contribution in [0.3, 0.4) is 0 Å². The van der Waals surface area contributed by atoms with Gasteiger partial charge in [-0.1, -0.05) is 6.92 Å². The molecule has 2 rings (SSSR count). The summed E-state index contributed by atoms with van der Waals surface area (Å²) < 4.78 is 1.20. The van der Waals surface area contributed by atoms with Crippen LogP contribution in [0.4, 0.5) is 17.3 Å². The van der Waals surface area contributed by atoms with Crippen molar-refractivity contribution in [1.82, 2.24) is 9.97 Å². The van der Waals surface area contributed by atoms with Crippen LogP contribution in [-0.4, -0.2) is 9.97 Å². The van der Waals surface area contributed by atoms with Gasteiger partial charge in [-0.2, -0.15) is 0 Å². The Morgan fingerprint density at radius 1 is 1.22 bits per heavy atom. The van der Waals surface area contributed by atoms with E-state index in [-0.39, 0.29) is 0 Å². The van der Waals surface area contributed by atoms with Crippen LogP contribution in [0, 0.1) is 3.57 Å². The lowest BCUT2D eigenvalue weighted by Gasteiger charge is -2.08. The molecule has 0 aliphatic rings. The van der Waals surface area contributed by atoms with Gasteiger partial charge in [-0.15, -0.1) is 0 Å². The van der Waals surface area contributed by atoms with Gasteiger partial charge in [-0.25, -0.2) is 9.97 Å². The number of hydrogen-bond acceptors (Lipinski definition) is 4. The summed E-state index contributed by atoms with van der Waals surface area (Å²) in [7, 11) is 0. The summed E-state index contributed by atoms with van der Waals surface area (Å²) in [5, 5.41) is 3.24. The van der Waals surface area contributed by atoms with Crippen LogP contribution in [0.1, 0.15) is 19.2 Å². The van der Waals surface area contributed by atoms with E-state index < -0.39 is 0 Å². The predicted octanol–water partition coefficient (Wildman–Crippen LogP) is 3.36. The monoisotopic (exact) mass is 354 g/mol. The fraction of sp³-hybridized carbons (Fsp3) is 0.231. The Bertz CT molecular complexity index is 525. The molecule has 0 atom stereocenters. The van der Waals surface area contributed by atoms with Crippen molar-refractivity contribution in [2.24, 2.45) is 0 Å². The van der Waals surface area contributed by atoms with Crippen LogP contribution in [0.25, 0.3) is 0 Å². The van der Waals surface area contributed by atoms with Crippen molar-refractivity contribution in [3.8, 4) is 0 Å². The third kappa shape index (κ3) is 3.56. The topological polar surface area (TPSA) is 63.8 Å². The molecule has 2 aromatic rings. The zero-order valence-corrected chi connectivity index (χ0v) is 12.3. The van der Waals surface area contributed by atoms with E-state index in [1.807, 2.05) is 24.3 Å². The first-order valence-electron chi connectivity index (χ1n) is 5.83. The SMILES string of the molecule is CCCc1nc(N)cc(Nc2ccc(I)cc2)n1. The molecule has 1 aromatic heterocycles. The van der Waals surface area contributed by atoms with E-state index in [9.17, 15) is 0 Å². The van der Waals surface area contributed by atoms with Gasteiger partial charge in [0.15, 0.2) is 0 Å². The molecule has 0 saturated heterocycles. The first-order valence-corrected chi connectivity index (χ1v) is 6.91. The predicted molar refractivity (Wildman–Crippen MR) is 82.9 cm³/mol. The minimum Gasteiger partial charge on any atom is -0.384 e. The minimum absolute atomic E-state index is 0.501. The van der Waals surface area contributed by atoms with Crippen molar-refractivity contribution in [1.29, 1.82) is 0 Å². The highest BCUT2D eigenvalue weighted by molar-refractivity contribution is 14.1. The molecule has 3 N–H and O–H groups in total. The lowest BCUT2D eigenvalue weighted by Crippen LogP contribution is -2.03. The lowest BCUT2D eigenvalue weighted by molar-refractivity contribution is 0.839. The summed E-state index contributed by atoms with van der Waals surface area (Å²) in [5.74, 6) is 2.03. The molecule has 18 heavy (non-hydrogen) atoms. The first kappa shape index (κ1) is 13.1. The first-order chi connectivity index (χ1) is 8.67.